The highest BCUT2D eigenvalue weighted by Gasteiger charge is 2.24. The number of hydrogen-bond acceptors (Lipinski definition) is 3. The summed E-state index contributed by atoms with van der Waals surface area (Å²) in [6, 6.07) is 6.46. The molecule has 0 unspecified atom stereocenters. The predicted molar refractivity (Wildman–Crippen MR) is 108 cm³/mol. The normalized spacial score (nSPS) is 16.2. The van der Waals surface area contributed by atoms with Gasteiger partial charge in [-0.3, -0.25) is 10.1 Å². The summed E-state index contributed by atoms with van der Waals surface area (Å²) >= 11 is 0. The molecule has 0 atom stereocenters. The highest BCUT2D eigenvalue weighted by atomic mass is 15.3. The smallest absolute Gasteiger partial charge is 0.193 e. The van der Waals surface area contributed by atoms with E-state index in [4.69, 9.17) is 0 Å². The lowest BCUT2D eigenvalue weighted by Crippen LogP contribution is -2.45. The number of aliphatic imine (C=N–C) groups is 1. The fourth-order valence-electron chi connectivity index (χ4n) is 3.99. The molecule has 0 radical (unpaired) electrons. The Labute approximate surface area is 159 Å². The van der Waals surface area contributed by atoms with Crippen molar-refractivity contribution in [1.29, 1.82) is 0 Å². The molecule has 142 valence electrons. The molecular formula is C20H27N7. The number of hydrogen-bond donors (Lipinski definition) is 3. The third-order valence-electron chi connectivity index (χ3n) is 5.51. The van der Waals surface area contributed by atoms with Gasteiger partial charge in [0, 0.05) is 49.7 Å². The minimum absolute atomic E-state index is 0.469. The first-order valence-corrected chi connectivity index (χ1v) is 9.62. The second-order valence-electron chi connectivity index (χ2n) is 7.17. The highest BCUT2D eigenvalue weighted by molar-refractivity contribution is 5.86. The van der Waals surface area contributed by atoms with Gasteiger partial charge in [0.25, 0.3) is 0 Å². The predicted octanol–water partition coefficient (Wildman–Crippen LogP) is 2.59. The van der Waals surface area contributed by atoms with Crippen molar-refractivity contribution in [3.63, 3.8) is 0 Å². The molecule has 0 aliphatic carbocycles. The molecule has 7 nitrogen and oxygen atoms in total. The molecule has 1 aliphatic rings. The number of rotatable bonds is 4. The molecule has 1 fully saturated rings. The third kappa shape index (κ3) is 3.67. The van der Waals surface area contributed by atoms with Crippen molar-refractivity contribution >= 4 is 16.9 Å². The van der Waals surface area contributed by atoms with E-state index in [0.29, 0.717) is 5.92 Å². The van der Waals surface area contributed by atoms with Gasteiger partial charge in [0.15, 0.2) is 5.96 Å². The minimum Gasteiger partial charge on any atom is -0.361 e. The number of nitrogens with one attached hydrogen (secondary N) is 3. The standard InChI is InChI=1S/C20H27N7/c1-14-4-3-5-17-16(12-23-18(14)17)6-9-22-20(21-2)27-10-7-15(8-11-27)19-24-13-25-26-19/h3-5,12-13,15,23H,6-11H2,1-2H3,(H,21,22)(H,24,25,26). The number of piperidine rings is 1. The van der Waals surface area contributed by atoms with Crippen LogP contribution in [0.4, 0.5) is 0 Å². The van der Waals surface area contributed by atoms with Crippen molar-refractivity contribution in [2.75, 3.05) is 26.7 Å². The van der Waals surface area contributed by atoms with Crippen molar-refractivity contribution in [2.24, 2.45) is 4.99 Å². The molecule has 1 aromatic carbocycles. The van der Waals surface area contributed by atoms with E-state index >= 15 is 0 Å². The number of H-pyrrole nitrogens is 2. The fourth-order valence-corrected chi connectivity index (χ4v) is 3.99. The van der Waals surface area contributed by atoms with Crippen LogP contribution in [0.1, 0.15) is 35.7 Å². The van der Waals surface area contributed by atoms with E-state index < -0.39 is 0 Å². The quantitative estimate of drug-likeness (QED) is 0.490. The maximum Gasteiger partial charge on any atom is 0.193 e. The molecule has 0 bridgehead atoms. The first-order valence-electron chi connectivity index (χ1n) is 9.62. The van der Waals surface area contributed by atoms with Crippen LogP contribution >= 0.6 is 0 Å². The summed E-state index contributed by atoms with van der Waals surface area (Å²) < 4.78 is 0. The topological polar surface area (TPSA) is 85.0 Å². The van der Waals surface area contributed by atoms with Gasteiger partial charge in [-0.25, -0.2) is 4.98 Å². The van der Waals surface area contributed by atoms with Crippen molar-refractivity contribution in [3.8, 4) is 0 Å². The number of nitrogens with zero attached hydrogens (tertiary/aromatic N) is 4. The van der Waals surface area contributed by atoms with Gasteiger partial charge in [-0.2, -0.15) is 5.10 Å². The Balaban J connectivity index is 1.31. The molecule has 3 heterocycles. The van der Waals surface area contributed by atoms with Gasteiger partial charge in [-0.1, -0.05) is 18.2 Å². The van der Waals surface area contributed by atoms with Gasteiger partial charge >= 0.3 is 0 Å². The summed E-state index contributed by atoms with van der Waals surface area (Å²) in [5, 5.41) is 11.8. The molecule has 1 saturated heterocycles. The van der Waals surface area contributed by atoms with E-state index in [1.54, 1.807) is 6.33 Å². The van der Waals surface area contributed by atoms with Crippen LogP contribution in [-0.4, -0.2) is 57.7 Å². The van der Waals surface area contributed by atoms with E-state index in [-0.39, 0.29) is 0 Å². The van der Waals surface area contributed by atoms with Crippen molar-refractivity contribution in [2.45, 2.75) is 32.1 Å². The third-order valence-corrected chi connectivity index (χ3v) is 5.51. The average molecular weight is 365 g/mol. The summed E-state index contributed by atoms with van der Waals surface area (Å²) in [6.07, 6.45) is 6.83. The number of benzene rings is 1. The van der Waals surface area contributed by atoms with Crippen LogP contribution < -0.4 is 5.32 Å². The zero-order chi connectivity index (χ0) is 18.6. The molecule has 0 spiro atoms. The van der Waals surface area contributed by atoms with E-state index in [1.807, 2.05) is 7.05 Å². The maximum atomic E-state index is 4.48. The summed E-state index contributed by atoms with van der Waals surface area (Å²) in [5.74, 6) is 2.46. The Hall–Kier alpha value is -2.83. The number of aryl methyl sites for hydroxylation is 1. The van der Waals surface area contributed by atoms with Crippen molar-refractivity contribution < 1.29 is 0 Å². The van der Waals surface area contributed by atoms with Crippen LogP contribution in [0.25, 0.3) is 10.9 Å². The first-order chi connectivity index (χ1) is 13.3. The molecule has 2 aromatic heterocycles. The zero-order valence-electron chi connectivity index (χ0n) is 16.0. The van der Waals surface area contributed by atoms with Gasteiger partial charge in [0.05, 0.1) is 0 Å². The van der Waals surface area contributed by atoms with Gasteiger partial charge in [-0.15, -0.1) is 0 Å². The number of fused-ring (bicyclic) bond motifs is 1. The second-order valence-corrected chi connectivity index (χ2v) is 7.17. The average Bonchev–Trinajstić information content (AvgIpc) is 3.37. The van der Waals surface area contributed by atoms with E-state index in [1.165, 1.54) is 22.0 Å². The minimum atomic E-state index is 0.469. The number of aromatic nitrogens is 4. The Kier molecular flexibility index (Phi) is 5.09. The molecule has 0 amide bonds. The first kappa shape index (κ1) is 17.6. The van der Waals surface area contributed by atoms with Crippen LogP contribution in [0, 0.1) is 6.92 Å². The largest absolute Gasteiger partial charge is 0.361 e. The maximum absolute atomic E-state index is 4.48. The number of guanidine groups is 1. The second kappa shape index (κ2) is 7.82. The van der Waals surface area contributed by atoms with Gasteiger partial charge in [0.1, 0.15) is 12.2 Å². The molecule has 0 saturated carbocycles. The highest BCUT2D eigenvalue weighted by Crippen LogP contribution is 2.25. The fraction of sp³-hybridized carbons (Fsp3) is 0.450. The van der Waals surface area contributed by atoms with Crippen LogP contribution in [-0.2, 0) is 6.42 Å². The molecule has 4 rings (SSSR count). The molecule has 7 heteroatoms. The van der Waals surface area contributed by atoms with Crippen molar-refractivity contribution in [3.05, 3.63) is 47.7 Å². The monoisotopic (exact) mass is 365 g/mol. The lowest BCUT2D eigenvalue weighted by atomic mass is 9.96. The zero-order valence-corrected chi connectivity index (χ0v) is 16.0. The van der Waals surface area contributed by atoms with Crippen LogP contribution in [0.15, 0.2) is 35.7 Å². The summed E-state index contributed by atoms with van der Waals surface area (Å²) in [4.78, 5) is 14.5. The van der Waals surface area contributed by atoms with E-state index in [0.717, 1.165) is 50.7 Å². The number of aromatic amines is 2. The molecular weight excluding hydrogens is 338 g/mol. The van der Waals surface area contributed by atoms with E-state index in [2.05, 4.69) is 66.7 Å². The lowest BCUT2D eigenvalue weighted by Gasteiger charge is -2.33. The SMILES string of the molecule is CN=C(NCCc1c[nH]c2c(C)cccc12)N1CCC(c2ncn[nH]2)CC1. The van der Waals surface area contributed by atoms with Crippen LogP contribution in [0.3, 0.4) is 0 Å². The summed E-state index contributed by atoms with van der Waals surface area (Å²) in [7, 11) is 1.86. The lowest BCUT2D eigenvalue weighted by molar-refractivity contribution is 0.299. The molecule has 3 aromatic rings. The summed E-state index contributed by atoms with van der Waals surface area (Å²) in [6.45, 7) is 4.98. The van der Waals surface area contributed by atoms with Crippen molar-refractivity contribution in [1.82, 2.24) is 30.4 Å². The number of likely N-dealkylation sites (tertiary alicyclic amines) is 1. The molecule has 3 N–H and O–H groups in total. The Bertz CT molecular complexity index is 902. The Morgan fingerprint density at radius 3 is 2.93 bits per heavy atom. The van der Waals surface area contributed by atoms with Crippen LogP contribution in [0.5, 0.6) is 0 Å². The molecule has 1 aliphatic heterocycles. The van der Waals surface area contributed by atoms with Gasteiger partial charge < -0.3 is 15.2 Å². The van der Waals surface area contributed by atoms with Gasteiger partial charge in [0.2, 0.25) is 0 Å². The van der Waals surface area contributed by atoms with E-state index in [9.17, 15) is 0 Å². The summed E-state index contributed by atoms with van der Waals surface area (Å²) in [5.41, 5.74) is 3.88. The van der Waals surface area contributed by atoms with Gasteiger partial charge in [-0.05, 0) is 37.3 Å². The number of para-hydroxylation sites is 1. The Morgan fingerprint density at radius 2 is 2.19 bits per heavy atom. The molecule has 27 heavy (non-hydrogen) atoms. The van der Waals surface area contributed by atoms with Crippen LogP contribution in [0.2, 0.25) is 0 Å². The Morgan fingerprint density at radius 1 is 1.33 bits per heavy atom.